The van der Waals surface area contributed by atoms with E-state index < -0.39 is 47.8 Å². The molecule has 12 heteroatoms. The number of carbonyl (C=O) groups excluding carboxylic acids is 3. The maximum atomic E-state index is 14.5. The van der Waals surface area contributed by atoms with Crippen molar-refractivity contribution < 1.29 is 36.7 Å². The van der Waals surface area contributed by atoms with Gasteiger partial charge in [-0.05, 0) is 55.3 Å². The van der Waals surface area contributed by atoms with E-state index in [1.807, 2.05) is 0 Å². The zero-order chi connectivity index (χ0) is 30.6. The summed E-state index contributed by atoms with van der Waals surface area (Å²) >= 11 is 5.75. The van der Waals surface area contributed by atoms with Crippen molar-refractivity contribution in [3.8, 4) is 0 Å². The highest BCUT2D eigenvalue weighted by Gasteiger charge is 2.38. The summed E-state index contributed by atoms with van der Waals surface area (Å²) in [7, 11) is 0. The lowest BCUT2D eigenvalue weighted by molar-refractivity contribution is -0.137. The van der Waals surface area contributed by atoms with Crippen LogP contribution in [0, 0.1) is 11.7 Å². The van der Waals surface area contributed by atoms with Gasteiger partial charge >= 0.3 is 12.1 Å². The van der Waals surface area contributed by atoms with Gasteiger partial charge in [-0.1, -0.05) is 41.9 Å². The number of halogens is 5. The summed E-state index contributed by atoms with van der Waals surface area (Å²) in [6.45, 7) is 2.83. The molecular formula is C30H26ClF4N3O4. The van der Waals surface area contributed by atoms with Crippen molar-refractivity contribution in [2.75, 3.05) is 11.4 Å². The lowest BCUT2D eigenvalue weighted by Gasteiger charge is -2.41. The van der Waals surface area contributed by atoms with E-state index in [1.54, 1.807) is 44.2 Å². The number of carbonyl (C=O) groups is 3. The normalized spacial score (nSPS) is 15.5. The summed E-state index contributed by atoms with van der Waals surface area (Å²) in [6, 6.07) is 13.2. The molecule has 1 aliphatic rings. The Kier molecular flexibility index (Phi) is 9.30. The molecule has 2 aromatic carbocycles. The first-order valence-corrected chi connectivity index (χ1v) is 13.2. The summed E-state index contributed by atoms with van der Waals surface area (Å²) in [4.78, 5) is 43.9. The van der Waals surface area contributed by atoms with Crippen molar-refractivity contribution in [2.24, 2.45) is 5.92 Å². The summed E-state index contributed by atoms with van der Waals surface area (Å²) in [5, 5.41) is 0.00185. The highest BCUT2D eigenvalue weighted by Crippen LogP contribution is 2.40. The van der Waals surface area contributed by atoms with Crippen LogP contribution in [0.2, 0.25) is 5.02 Å². The number of amides is 2. The van der Waals surface area contributed by atoms with Gasteiger partial charge in [0.1, 0.15) is 12.3 Å². The minimum Gasteiger partial charge on any atom is -0.428 e. The van der Waals surface area contributed by atoms with E-state index in [0.29, 0.717) is 23.3 Å². The molecule has 7 nitrogen and oxygen atoms in total. The monoisotopic (exact) mass is 603 g/mol. The Morgan fingerprint density at radius 2 is 1.81 bits per heavy atom. The number of alkyl halides is 3. The summed E-state index contributed by atoms with van der Waals surface area (Å²) < 4.78 is 59.3. The van der Waals surface area contributed by atoms with E-state index in [2.05, 4.69) is 4.98 Å². The van der Waals surface area contributed by atoms with Crippen LogP contribution in [0.1, 0.15) is 41.8 Å². The maximum absolute atomic E-state index is 14.5. The number of allylic oxidation sites excluding steroid dienone is 1. The van der Waals surface area contributed by atoms with Crippen LogP contribution in [0.25, 0.3) is 0 Å². The summed E-state index contributed by atoms with van der Waals surface area (Å²) in [5.41, 5.74) is 0.685. The first-order valence-electron chi connectivity index (χ1n) is 12.8. The number of aromatic nitrogens is 1. The molecule has 1 heterocycles. The van der Waals surface area contributed by atoms with E-state index in [9.17, 15) is 31.9 Å². The second-order valence-electron chi connectivity index (χ2n) is 9.82. The van der Waals surface area contributed by atoms with Gasteiger partial charge in [0.15, 0.2) is 11.6 Å². The van der Waals surface area contributed by atoms with Gasteiger partial charge in [-0.25, -0.2) is 14.2 Å². The Morgan fingerprint density at radius 1 is 1.14 bits per heavy atom. The fraction of sp³-hybridized carbons (Fsp3) is 0.267. The Balaban J connectivity index is 1.57. The van der Waals surface area contributed by atoms with Crippen LogP contribution in [0.3, 0.4) is 0 Å². The molecule has 1 aliphatic carbocycles. The SMILES string of the molecule is CC1=C(OC(=O)c2ccccc2)CC1C(C)N(Cc1ccc(C(F)(F)F)cc1)C(=O)CN(C=O)c1ncc(Cl)cc1F. The van der Waals surface area contributed by atoms with Crippen molar-refractivity contribution in [3.05, 3.63) is 106 Å². The molecule has 0 fully saturated rings. The van der Waals surface area contributed by atoms with E-state index in [-0.39, 0.29) is 23.9 Å². The average Bonchev–Trinajstić information content (AvgIpc) is 2.96. The molecule has 2 unspecified atom stereocenters. The zero-order valence-electron chi connectivity index (χ0n) is 22.6. The second kappa shape index (κ2) is 12.7. The van der Waals surface area contributed by atoms with Gasteiger partial charge in [0.05, 0.1) is 16.1 Å². The van der Waals surface area contributed by atoms with Crippen LogP contribution in [0.15, 0.2) is 78.2 Å². The van der Waals surface area contributed by atoms with Crippen molar-refractivity contribution in [3.63, 3.8) is 0 Å². The van der Waals surface area contributed by atoms with Gasteiger partial charge in [0, 0.05) is 31.1 Å². The first-order chi connectivity index (χ1) is 19.9. The molecule has 3 aromatic rings. The molecule has 2 amide bonds. The van der Waals surface area contributed by atoms with Crippen molar-refractivity contribution in [1.29, 1.82) is 0 Å². The lowest BCUT2D eigenvalue weighted by Crippen LogP contribution is -2.49. The maximum Gasteiger partial charge on any atom is 0.416 e. The molecule has 0 saturated heterocycles. The number of nitrogens with zero attached hydrogens (tertiary/aromatic N) is 3. The minimum absolute atomic E-state index is 0.00185. The second-order valence-corrected chi connectivity index (χ2v) is 10.3. The van der Waals surface area contributed by atoms with E-state index in [4.69, 9.17) is 16.3 Å². The molecule has 0 spiro atoms. The molecule has 0 aliphatic heterocycles. The number of anilines is 1. The van der Waals surface area contributed by atoms with Crippen molar-refractivity contribution >= 4 is 35.7 Å². The summed E-state index contributed by atoms with van der Waals surface area (Å²) in [5.74, 6) is -2.23. The lowest BCUT2D eigenvalue weighted by atomic mass is 9.78. The molecule has 42 heavy (non-hydrogen) atoms. The van der Waals surface area contributed by atoms with Gasteiger partial charge < -0.3 is 9.64 Å². The molecule has 0 N–H and O–H groups in total. The third-order valence-corrected chi connectivity index (χ3v) is 7.36. The largest absolute Gasteiger partial charge is 0.428 e. The Hall–Kier alpha value is -4.25. The average molecular weight is 604 g/mol. The minimum atomic E-state index is -4.52. The standard InChI is InChI=1S/C30H26ClF4N3O4/c1-18-24(13-26(18)42-29(41)21-6-4-3-5-7-21)19(2)38(15-20-8-10-22(11-9-20)30(33,34)35)27(40)16-37(17-39)28-25(32)12-23(31)14-36-28/h3-12,14,17,19,24H,13,15-16H2,1-2H3. The molecule has 0 radical (unpaired) electrons. The smallest absolute Gasteiger partial charge is 0.416 e. The van der Waals surface area contributed by atoms with Crippen LogP contribution in [-0.4, -0.2) is 40.8 Å². The third-order valence-electron chi connectivity index (χ3n) is 7.15. The number of ether oxygens (including phenoxy) is 1. The number of rotatable bonds is 10. The van der Waals surface area contributed by atoms with E-state index >= 15 is 0 Å². The fourth-order valence-electron chi connectivity index (χ4n) is 4.68. The van der Waals surface area contributed by atoms with Crippen molar-refractivity contribution in [1.82, 2.24) is 9.88 Å². The van der Waals surface area contributed by atoms with Crippen LogP contribution >= 0.6 is 11.6 Å². The highest BCUT2D eigenvalue weighted by molar-refractivity contribution is 6.30. The summed E-state index contributed by atoms with van der Waals surface area (Å²) in [6.07, 6.45) is -2.81. The van der Waals surface area contributed by atoms with Crippen LogP contribution in [0.5, 0.6) is 0 Å². The number of pyridine rings is 1. The molecule has 4 rings (SSSR count). The Labute approximate surface area is 244 Å². The predicted octanol–water partition coefficient (Wildman–Crippen LogP) is 6.42. The predicted molar refractivity (Wildman–Crippen MR) is 147 cm³/mol. The molecule has 2 atom stereocenters. The molecule has 1 aromatic heterocycles. The quantitative estimate of drug-likeness (QED) is 0.152. The topological polar surface area (TPSA) is 79.8 Å². The van der Waals surface area contributed by atoms with E-state index in [1.165, 1.54) is 17.0 Å². The molecular weight excluding hydrogens is 578 g/mol. The van der Waals surface area contributed by atoms with Gasteiger partial charge in [-0.15, -0.1) is 0 Å². The van der Waals surface area contributed by atoms with Crippen LogP contribution in [0.4, 0.5) is 23.4 Å². The number of esters is 1. The van der Waals surface area contributed by atoms with Gasteiger partial charge in [-0.3, -0.25) is 14.5 Å². The third kappa shape index (κ3) is 6.96. The highest BCUT2D eigenvalue weighted by atomic mass is 35.5. The molecule has 220 valence electrons. The van der Waals surface area contributed by atoms with Crippen LogP contribution < -0.4 is 4.90 Å². The Bertz CT molecular complexity index is 1500. The van der Waals surface area contributed by atoms with Crippen LogP contribution in [-0.2, 0) is 27.0 Å². The van der Waals surface area contributed by atoms with Gasteiger partial charge in [0.25, 0.3) is 0 Å². The van der Waals surface area contributed by atoms with Gasteiger partial charge in [-0.2, -0.15) is 13.2 Å². The Morgan fingerprint density at radius 3 is 2.38 bits per heavy atom. The van der Waals surface area contributed by atoms with Gasteiger partial charge in [0.2, 0.25) is 12.3 Å². The van der Waals surface area contributed by atoms with Crippen molar-refractivity contribution in [2.45, 2.75) is 39.0 Å². The molecule has 0 bridgehead atoms. The number of hydrogen-bond acceptors (Lipinski definition) is 5. The number of hydrogen-bond donors (Lipinski definition) is 0. The zero-order valence-corrected chi connectivity index (χ0v) is 23.3. The molecule has 0 saturated carbocycles. The van der Waals surface area contributed by atoms with E-state index in [0.717, 1.165) is 34.9 Å². The first kappa shape index (κ1) is 30.7. The number of benzene rings is 2. The fourth-order valence-corrected chi connectivity index (χ4v) is 4.82.